The average molecular weight is 264 g/mol. The lowest BCUT2D eigenvalue weighted by Gasteiger charge is -2.13. The molecule has 0 heterocycles. The molecule has 1 atom stereocenters. The number of halogens is 2. The number of aliphatic hydroxyl groups excluding tert-OH is 1. The molecule has 1 aromatic rings. The minimum Gasteiger partial charge on any atom is -0.506 e. The molecule has 0 radical (unpaired) electrons. The molecular formula is C9H11BrFNO2. The molecule has 0 saturated heterocycles. The van der Waals surface area contributed by atoms with E-state index in [0.717, 1.165) is 6.07 Å². The Kier molecular flexibility index (Phi) is 3.86. The van der Waals surface area contributed by atoms with Crippen LogP contribution in [-0.2, 0) is 0 Å². The van der Waals surface area contributed by atoms with E-state index in [4.69, 9.17) is 10.8 Å². The Hall–Kier alpha value is -0.650. The fourth-order valence-electron chi connectivity index (χ4n) is 1.16. The Morgan fingerprint density at radius 1 is 1.50 bits per heavy atom. The van der Waals surface area contributed by atoms with Crippen LogP contribution < -0.4 is 5.73 Å². The van der Waals surface area contributed by atoms with Crippen LogP contribution in [0.1, 0.15) is 18.0 Å². The second kappa shape index (κ2) is 4.72. The summed E-state index contributed by atoms with van der Waals surface area (Å²) < 4.78 is 13.2. The number of phenolic OH excluding ortho intramolecular Hbond substituents is 1. The molecule has 14 heavy (non-hydrogen) atoms. The van der Waals surface area contributed by atoms with Gasteiger partial charge in [0.2, 0.25) is 0 Å². The second-order valence-electron chi connectivity index (χ2n) is 2.94. The van der Waals surface area contributed by atoms with Gasteiger partial charge in [-0.25, -0.2) is 4.39 Å². The molecule has 0 spiro atoms. The van der Waals surface area contributed by atoms with Gasteiger partial charge in [-0.1, -0.05) is 0 Å². The zero-order chi connectivity index (χ0) is 10.7. The van der Waals surface area contributed by atoms with E-state index in [2.05, 4.69) is 15.9 Å². The van der Waals surface area contributed by atoms with Crippen molar-refractivity contribution in [1.82, 2.24) is 0 Å². The normalized spacial score (nSPS) is 12.9. The maximum absolute atomic E-state index is 12.9. The van der Waals surface area contributed by atoms with E-state index in [0.29, 0.717) is 5.56 Å². The molecule has 1 rings (SSSR count). The Morgan fingerprint density at radius 3 is 2.71 bits per heavy atom. The van der Waals surface area contributed by atoms with Gasteiger partial charge in [0, 0.05) is 18.2 Å². The van der Waals surface area contributed by atoms with Crippen LogP contribution in [0.4, 0.5) is 4.39 Å². The first-order chi connectivity index (χ1) is 6.56. The predicted molar refractivity (Wildman–Crippen MR) is 54.4 cm³/mol. The largest absolute Gasteiger partial charge is 0.506 e. The van der Waals surface area contributed by atoms with Gasteiger partial charge >= 0.3 is 0 Å². The first kappa shape index (κ1) is 11.4. The van der Waals surface area contributed by atoms with Crippen molar-refractivity contribution in [2.75, 3.05) is 6.61 Å². The van der Waals surface area contributed by atoms with Crippen molar-refractivity contribution >= 4 is 15.9 Å². The minimum absolute atomic E-state index is 0.0765. The van der Waals surface area contributed by atoms with Crippen LogP contribution >= 0.6 is 15.9 Å². The van der Waals surface area contributed by atoms with Crippen molar-refractivity contribution < 1.29 is 14.6 Å². The maximum Gasteiger partial charge on any atom is 0.134 e. The zero-order valence-corrected chi connectivity index (χ0v) is 8.96. The summed E-state index contributed by atoms with van der Waals surface area (Å²) in [5.41, 5.74) is 5.93. The monoisotopic (exact) mass is 263 g/mol. The highest BCUT2D eigenvalue weighted by molar-refractivity contribution is 9.10. The fourth-order valence-corrected chi connectivity index (χ4v) is 1.61. The van der Waals surface area contributed by atoms with E-state index in [1.807, 2.05) is 0 Å². The highest BCUT2D eigenvalue weighted by Gasteiger charge is 2.14. The van der Waals surface area contributed by atoms with Gasteiger partial charge in [-0.2, -0.15) is 0 Å². The summed E-state index contributed by atoms with van der Waals surface area (Å²) >= 11 is 3.01. The van der Waals surface area contributed by atoms with Gasteiger partial charge in [0.1, 0.15) is 11.6 Å². The van der Waals surface area contributed by atoms with Crippen molar-refractivity contribution in [2.24, 2.45) is 5.73 Å². The number of rotatable bonds is 3. The molecule has 0 amide bonds. The lowest BCUT2D eigenvalue weighted by atomic mass is 10.0. The molecule has 0 saturated carbocycles. The van der Waals surface area contributed by atoms with Crippen LogP contribution in [0.2, 0.25) is 0 Å². The van der Waals surface area contributed by atoms with E-state index < -0.39 is 11.9 Å². The summed E-state index contributed by atoms with van der Waals surface area (Å²) in [7, 11) is 0. The van der Waals surface area contributed by atoms with E-state index in [1.165, 1.54) is 6.07 Å². The molecule has 5 heteroatoms. The van der Waals surface area contributed by atoms with Crippen molar-refractivity contribution in [1.29, 1.82) is 0 Å². The van der Waals surface area contributed by atoms with Crippen LogP contribution in [0.3, 0.4) is 0 Å². The van der Waals surface area contributed by atoms with Gasteiger partial charge < -0.3 is 15.9 Å². The van der Waals surface area contributed by atoms with Crippen molar-refractivity contribution in [3.05, 3.63) is 28.0 Å². The first-order valence-corrected chi connectivity index (χ1v) is 4.90. The van der Waals surface area contributed by atoms with Gasteiger partial charge in [0.15, 0.2) is 0 Å². The molecule has 0 unspecified atom stereocenters. The number of benzene rings is 1. The van der Waals surface area contributed by atoms with E-state index >= 15 is 0 Å². The lowest BCUT2D eigenvalue weighted by molar-refractivity contribution is 0.275. The van der Waals surface area contributed by atoms with Gasteiger partial charge in [-0.3, -0.25) is 0 Å². The topological polar surface area (TPSA) is 66.5 Å². The first-order valence-electron chi connectivity index (χ1n) is 4.10. The molecule has 3 nitrogen and oxygen atoms in total. The highest BCUT2D eigenvalue weighted by Crippen LogP contribution is 2.33. The average Bonchev–Trinajstić information content (AvgIpc) is 2.11. The number of hydrogen-bond donors (Lipinski definition) is 3. The van der Waals surface area contributed by atoms with Crippen LogP contribution in [0, 0.1) is 5.82 Å². The van der Waals surface area contributed by atoms with Gasteiger partial charge in [0.05, 0.1) is 4.47 Å². The molecule has 0 fully saturated rings. The minimum atomic E-state index is -0.563. The molecule has 0 aromatic heterocycles. The number of aromatic hydroxyl groups is 1. The lowest BCUT2D eigenvalue weighted by Crippen LogP contribution is -2.12. The van der Waals surface area contributed by atoms with Crippen LogP contribution in [0.15, 0.2) is 16.6 Å². The van der Waals surface area contributed by atoms with E-state index in [9.17, 15) is 9.50 Å². The van der Waals surface area contributed by atoms with Crippen LogP contribution in [0.25, 0.3) is 0 Å². The molecule has 0 aliphatic rings. The third-order valence-corrected chi connectivity index (χ3v) is 2.50. The van der Waals surface area contributed by atoms with Gasteiger partial charge in [-0.15, -0.1) is 0 Å². The highest BCUT2D eigenvalue weighted by atomic mass is 79.9. The van der Waals surface area contributed by atoms with Gasteiger partial charge in [0.25, 0.3) is 0 Å². The summed E-state index contributed by atoms with van der Waals surface area (Å²) in [6.07, 6.45) is 0.281. The smallest absolute Gasteiger partial charge is 0.134 e. The second-order valence-corrected chi connectivity index (χ2v) is 3.80. The quantitative estimate of drug-likeness (QED) is 0.778. The van der Waals surface area contributed by atoms with Crippen LogP contribution in [0.5, 0.6) is 5.75 Å². The molecule has 0 bridgehead atoms. The van der Waals surface area contributed by atoms with Crippen molar-refractivity contribution in [3.8, 4) is 5.75 Å². The predicted octanol–water partition coefficient (Wildman–Crippen LogP) is 1.68. The number of phenols is 1. The maximum atomic E-state index is 12.9. The SMILES string of the molecule is N[C@H](CCO)c1cc(F)cc(Br)c1O. The molecule has 78 valence electrons. The van der Waals surface area contributed by atoms with Crippen molar-refractivity contribution in [2.45, 2.75) is 12.5 Å². The van der Waals surface area contributed by atoms with E-state index in [1.54, 1.807) is 0 Å². The summed E-state index contributed by atoms with van der Waals surface area (Å²) in [4.78, 5) is 0. The number of nitrogens with two attached hydrogens (primary N) is 1. The molecule has 1 aromatic carbocycles. The summed E-state index contributed by atoms with van der Waals surface area (Å²) in [5, 5.41) is 18.2. The Labute approximate surface area is 89.5 Å². The van der Waals surface area contributed by atoms with Crippen LogP contribution in [-0.4, -0.2) is 16.8 Å². The Bertz CT molecular complexity index is 333. The zero-order valence-electron chi connectivity index (χ0n) is 7.37. The standard InChI is InChI=1S/C9H11BrFNO2/c10-7-4-5(11)3-6(9(7)14)8(12)1-2-13/h3-4,8,13-14H,1-2,12H2/t8-/m1/s1. The van der Waals surface area contributed by atoms with Gasteiger partial charge in [-0.05, 0) is 34.5 Å². The molecular weight excluding hydrogens is 253 g/mol. The molecule has 0 aliphatic heterocycles. The van der Waals surface area contributed by atoms with Crippen molar-refractivity contribution in [3.63, 3.8) is 0 Å². The van der Waals surface area contributed by atoms with E-state index in [-0.39, 0.29) is 23.2 Å². The summed E-state index contributed by atoms with van der Waals surface area (Å²) in [6, 6.07) is 1.76. The Balaban J connectivity index is 3.07. The fraction of sp³-hybridized carbons (Fsp3) is 0.333. The summed E-state index contributed by atoms with van der Waals surface area (Å²) in [5.74, 6) is -0.551. The Morgan fingerprint density at radius 2 is 2.14 bits per heavy atom. The number of hydrogen-bond acceptors (Lipinski definition) is 3. The third-order valence-electron chi connectivity index (χ3n) is 1.90. The molecule has 0 aliphatic carbocycles. The number of aliphatic hydroxyl groups is 1. The third kappa shape index (κ3) is 2.43. The molecule has 4 N–H and O–H groups in total. The summed E-state index contributed by atoms with van der Waals surface area (Å²) in [6.45, 7) is -0.102.